The van der Waals surface area contributed by atoms with Crippen LogP contribution in [0, 0.1) is 5.92 Å². The molecule has 1 saturated heterocycles. The van der Waals surface area contributed by atoms with Crippen LogP contribution in [0.1, 0.15) is 36.1 Å². The molecule has 2 aliphatic rings. The fourth-order valence-corrected chi connectivity index (χ4v) is 4.09. The normalized spacial score (nSPS) is 18.2. The number of hydrogen-bond donors (Lipinski definition) is 0. The third-order valence-corrected chi connectivity index (χ3v) is 5.74. The maximum absolute atomic E-state index is 12.3. The molecule has 2 aromatic heterocycles. The lowest BCUT2D eigenvalue weighted by molar-refractivity contribution is 0.163. The van der Waals surface area contributed by atoms with Gasteiger partial charge in [0.25, 0.3) is 11.1 Å². The molecular weight excluding hydrogens is 328 g/mol. The number of pyridine rings is 1. The molecule has 26 heavy (non-hydrogen) atoms. The summed E-state index contributed by atoms with van der Waals surface area (Å²) in [7, 11) is 1.77. The van der Waals surface area contributed by atoms with Crippen molar-refractivity contribution in [3.8, 4) is 0 Å². The molecule has 0 spiro atoms. The molecule has 1 fully saturated rings. The zero-order valence-corrected chi connectivity index (χ0v) is 15.4. The van der Waals surface area contributed by atoms with E-state index in [9.17, 15) is 9.59 Å². The van der Waals surface area contributed by atoms with Gasteiger partial charge in [-0.15, -0.1) is 0 Å². The average Bonchev–Trinajstić information content (AvgIpc) is 3.07. The summed E-state index contributed by atoms with van der Waals surface area (Å²) in [5.74, 6) is 0.500. The van der Waals surface area contributed by atoms with E-state index in [-0.39, 0.29) is 11.1 Å². The first kappa shape index (κ1) is 17.2. The fraction of sp³-hybridized carbons (Fsp3) is 0.550. The zero-order valence-electron chi connectivity index (χ0n) is 15.4. The summed E-state index contributed by atoms with van der Waals surface area (Å²) in [6, 6.07) is 5.53. The van der Waals surface area contributed by atoms with E-state index in [1.54, 1.807) is 28.4 Å². The number of aryl methyl sites for hydroxylation is 3. The lowest BCUT2D eigenvalue weighted by Crippen LogP contribution is -2.37. The van der Waals surface area contributed by atoms with Crippen molar-refractivity contribution >= 4 is 0 Å². The maximum atomic E-state index is 12.3. The van der Waals surface area contributed by atoms with E-state index >= 15 is 0 Å². The van der Waals surface area contributed by atoms with E-state index in [1.165, 1.54) is 0 Å². The van der Waals surface area contributed by atoms with Crippen molar-refractivity contribution in [3.05, 3.63) is 61.9 Å². The Kier molecular flexibility index (Phi) is 4.76. The van der Waals surface area contributed by atoms with Crippen molar-refractivity contribution in [1.29, 1.82) is 0 Å². The Morgan fingerprint density at radius 1 is 1.12 bits per heavy atom. The highest BCUT2D eigenvalue weighted by Crippen LogP contribution is 2.21. The topological polar surface area (TPSA) is 60.1 Å². The molecule has 0 saturated carbocycles. The first-order valence-corrected chi connectivity index (χ1v) is 9.56. The van der Waals surface area contributed by atoms with Gasteiger partial charge in [0.05, 0.1) is 5.69 Å². The average molecular weight is 354 g/mol. The molecular formula is C20H26N4O2. The lowest BCUT2D eigenvalue weighted by atomic mass is 9.96. The highest BCUT2D eigenvalue weighted by molar-refractivity contribution is 5.22. The van der Waals surface area contributed by atoms with E-state index in [4.69, 9.17) is 0 Å². The number of nitrogens with zero attached hydrogens (tertiary/aromatic N) is 4. The van der Waals surface area contributed by atoms with Gasteiger partial charge in [-0.1, -0.05) is 0 Å². The lowest BCUT2D eigenvalue weighted by Gasteiger charge is -2.32. The van der Waals surface area contributed by atoms with Crippen LogP contribution in [0.15, 0.2) is 34.0 Å². The summed E-state index contributed by atoms with van der Waals surface area (Å²) >= 11 is 0. The number of rotatable bonds is 4. The van der Waals surface area contributed by atoms with E-state index in [1.807, 2.05) is 12.3 Å². The molecule has 3 heterocycles. The second kappa shape index (κ2) is 7.19. The minimum atomic E-state index is 0.0412. The molecule has 2 aromatic rings. The molecule has 0 N–H and O–H groups in total. The SMILES string of the molecule is Cn1ccc(CN2CCC(Cn3nc4c(cc3=O)CCC4)CC2)cc1=O. The van der Waals surface area contributed by atoms with Gasteiger partial charge in [-0.25, -0.2) is 4.68 Å². The van der Waals surface area contributed by atoms with Gasteiger partial charge in [0.15, 0.2) is 0 Å². The highest BCUT2D eigenvalue weighted by Gasteiger charge is 2.22. The molecule has 1 aliphatic carbocycles. The van der Waals surface area contributed by atoms with Crippen LogP contribution in [-0.2, 0) is 33.0 Å². The largest absolute Gasteiger partial charge is 0.319 e. The van der Waals surface area contributed by atoms with Gasteiger partial charge in [-0.05, 0) is 68.3 Å². The van der Waals surface area contributed by atoms with Crippen LogP contribution in [0.4, 0.5) is 0 Å². The summed E-state index contributed by atoms with van der Waals surface area (Å²) in [5, 5.41) is 4.61. The Bertz CT molecular complexity index is 907. The van der Waals surface area contributed by atoms with E-state index < -0.39 is 0 Å². The van der Waals surface area contributed by atoms with Gasteiger partial charge in [-0.2, -0.15) is 5.10 Å². The number of likely N-dealkylation sites (tertiary alicyclic amines) is 1. The highest BCUT2D eigenvalue weighted by atomic mass is 16.1. The summed E-state index contributed by atoms with van der Waals surface area (Å²) in [6.07, 6.45) is 7.08. The molecule has 1 aliphatic heterocycles. The van der Waals surface area contributed by atoms with Crippen LogP contribution in [0.5, 0.6) is 0 Å². The quantitative estimate of drug-likeness (QED) is 0.831. The molecule has 138 valence electrons. The van der Waals surface area contributed by atoms with Crippen molar-refractivity contribution in [1.82, 2.24) is 19.2 Å². The van der Waals surface area contributed by atoms with Gasteiger partial charge in [0.2, 0.25) is 0 Å². The molecule has 4 rings (SSSR count). The summed E-state index contributed by atoms with van der Waals surface area (Å²) < 4.78 is 3.28. The maximum Gasteiger partial charge on any atom is 0.267 e. The second-order valence-corrected chi connectivity index (χ2v) is 7.69. The van der Waals surface area contributed by atoms with Gasteiger partial charge in [0, 0.05) is 38.5 Å². The Morgan fingerprint density at radius 3 is 2.69 bits per heavy atom. The van der Waals surface area contributed by atoms with Gasteiger partial charge < -0.3 is 4.57 Å². The van der Waals surface area contributed by atoms with E-state index in [0.29, 0.717) is 5.92 Å². The predicted octanol–water partition coefficient (Wildman–Crippen LogP) is 1.34. The molecule has 0 atom stereocenters. The van der Waals surface area contributed by atoms with Crippen LogP contribution in [0.2, 0.25) is 0 Å². The van der Waals surface area contributed by atoms with E-state index in [0.717, 1.165) is 75.1 Å². The molecule has 0 amide bonds. The number of piperidine rings is 1. The third kappa shape index (κ3) is 3.65. The smallest absolute Gasteiger partial charge is 0.267 e. The summed E-state index contributed by atoms with van der Waals surface area (Å²) in [6.45, 7) is 3.55. The van der Waals surface area contributed by atoms with Crippen molar-refractivity contribution < 1.29 is 0 Å². The van der Waals surface area contributed by atoms with Crippen LogP contribution in [0.3, 0.4) is 0 Å². The number of aromatic nitrogens is 3. The van der Waals surface area contributed by atoms with Crippen LogP contribution in [-0.4, -0.2) is 32.3 Å². The van der Waals surface area contributed by atoms with Crippen LogP contribution in [0.25, 0.3) is 0 Å². The van der Waals surface area contributed by atoms with Gasteiger partial charge >= 0.3 is 0 Å². The minimum Gasteiger partial charge on any atom is -0.319 e. The Morgan fingerprint density at radius 2 is 1.92 bits per heavy atom. The predicted molar refractivity (Wildman–Crippen MR) is 100 cm³/mol. The molecule has 0 aromatic carbocycles. The van der Waals surface area contributed by atoms with Crippen LogP contribution < -0.4 is 11.1 Å². The summed E-state index contributed by atoms with van der Waals surface area (Å²) in [5.41, 5.74) is 3.43. The van der Waals surface area contributed by atoms with Crippen molar-refractivity contribution in [2.75, 3.05) is 13.1 Å². The molecule has 6 heteroatoms. The third-order valence-electron chi connectivity index (χ3n) is 5.74. The first-order valence-electron chi connectivity index (χ1n) is 9.56. The Hall–Kier alpha value is -2.21. The van der Waals surface area contributed by atoms with Gasteiger partial charge in [-0.3, -0.25) is 14.5 Å². The zero-order chi connectivity index (χ0) is 18.1. The van der Waals surface area contributed by atoms with E-state index in [2.05, 4.69) is 10.00 Å². The monoisotopic (exact) mass is 354 g/mol. The summed E-state index contributed by atoms with van der Waals surface area (Å²) in [4.78, 5) is 26.4. The molecule has 0 bridgehead atoms. The minimum absolute atomic E-state index is 0.0412. The molecule has 0 radical (unpaired) electrons. The second-order valence-electron chi connectivity index (χ2n) is 7.69. The fourth-order valence-electron chi connectivity index (χ4n) is 4.09. The number of hydrogen-bond acceptors (Lipinski definition) is 4. The Balaban J connectivity index is 1.34. The first-order chi connectivity index (χ1) is 12.6. The van der Waals surface area contributed by atoms with Crippen molar-refractivity contribution in [3.63, 3.8) is 0 Å². The van der Waals surface area contributed by atoms with Crippen molar-refractivity contribution in [2.45, 2.75) is 45.2 Å². The molecule has 0 unspecified atom stereocenters. The standard InChI is InChI=1S/C20H26N4O2/c1-22-8-5-16(11-19(22)25)13-23-9-6-15(7-10-23)14-24-20(26)12-17-3-2-4-18(17)21-24/h5,8,11-12,15H,2-4,6-7,9-10,13-14H2,1H3. The number of fused-ring (bicyclic) bond motifs is 1. The molecule has 6 nitrogen and oxygen atoms in total. The van der Waals surface area contributed by atoms with Gasteiger partial charge in [0.1, 0.15) is 0 Å². The van der Waals surface area contributed by atoms with Crippen LogP contribution >= 0.6 is 0 Å². The Labute approximate surface area is 153 Å². The van der Waals surface area contributed by atoms with Crippen molar-refractivity contribution in [2.24, 2.45) is 13.0 Å².